The van der Waals surface area contributed by atoms with Gasteiger partial charge in [-0.05, 0) is 44.5 Å². The van der Waals surface area contributed by atoms with Crippen LogP contribution in [0, 0.1) is 0 Å². The lowest BCUT2D eigenvalue weighted by Gasteiger charge is -2.09. The van der Waals surface area contributed by atoms with Gasteiger partial charge in [0, 0.05) is 0 Å². The van der Waals surface area contributed by atoms with Gasteiger partial charge in [0.1, 0.15) is 5.57 Å². The summed E-state index contributed by atoms with van der Waals surface area (Å²) in [6.45, 7) is 4.98. The Kier molecular flexibility index (Phi) is 4.08. The summed E-state index contributed by atoms with van der Waals surface area (Å²) >= 11 is 0. The lowest BCUT2D eigenvalue weighted by molar-refractivity contribution is -0.143. The van der Waals surface area contributed by atoms with Crippen LogP contribution in [0.4, 0.5) is 0 Å². The van der Waals surface area contributed by atoms with Crippen molar-refractivity contribution in [2.45, 2.75) is 26.9 Å². The molecule has 2 rings (SSSR count). The van der Waals surface area contributed by atoms with Gasteiger partial charge in [-0.1, -0.05) is 6.07 Å². The van der Waals surface area contributed by atoms with E-state index in [1.165, 1.54) is 13.0 Å². The molecule has 0 bridgehead atoms. The first kappa shape index (κ1) is 14.1. The van der Waals surface area contributed by atoms with Crippen LogP contribution < -0.4 is 9.47 Å². The maximum absolute atomic E-state index is 11.9. The van der Waals surface area contributed by atoms with Crippen molar-refractivity contribution in [3.05, 3.63) is 29.3 Å². The van der Waals surface area contributed by atoms with Crippen LogP contribution in [-0.2, 0) is 14.3 Å². The highest BCUT2D eigenvalue weighted by molar-refractivity contribution is 6.19. The van der Waals surface area contributed by atoms with E-state index in [0.29, 0.717) is 17.1 Å². The van der Waals surface area contributed by atoms with E-state index in [2.05, 4.69) is 0 Å². The minimum Gasteiger partial charge on any atom is -0.459 e. The Morgan fingerprint density at radius 3 is 2.60 bits per heavy atom. The highest BCUT2D eigenvalue weighted by Gasteiger charge is 2.18. The lowest BCUT2D eigenvalue weighted by atomic mass is 10.1. The SMILES string of the molecule is CC(=O)C(=Cc1ccc2c(c1)OCO2)C(=O)OC(C)C. The molecule has 0 amide bonds. The molecule has 1 aliphatic heterocycles. The van der Waals surface area contributed by atoms with Gasteiger partial charge < -0.3 is 14.2 Å². The number of ketones is 1. The third-order valence-electron chi connectivity index (χ3n) is 2.65. The van der Waals surface area contributed by atoms with E-state index in [0.717, 1.165) is 0 Å². The van der Waals surface area contributed by atoms with Crippen LogP contribution in [0.15, 0.2) is 23.8 Å². The van der Waals surface area contributed by atoms with E-state index in [4.69, 9.17) is 14.2 Å². The topological polar surface area (TPSA) is 61.8 Å². The predicted molar refractivity (Wildman–Crippen MR) is 72.5 cm³/mol. The van der Waals surface area contributed by atoms with Gasteiger partial charge in [-0.2, -0.15) is 0 Å². The van der Waals surface area contributed by atoms with Gasteiger partial charge in [0.05, 0.1) is 6.10 Å². The summed E-state index contributed by atoms with van der Waals surface area (Å²) in [7, 11) is 0. The molecule has 0 fully saturated rings. The number of benzene rings is 1. The minimum absolute atomic E-state index is 0.0116. The van der Waals surface area contributed by atoms with Crippen LogP contribution >= 0.6 is 0 Å². The fourth-order valence-corrected chi connectivity index (χ4v) is 1.75. The Bertz CT molecular complexity index is 572. The van der Waals surface area contributed by atoms with Crippen LogP contribution in [0.25, 0.3) is 6.08 Å². The summed E-state index contributed by atoms with van der Waals surface area (Å²) in [5, 5.41) is 0. The van der Waals surface area contributed by atoms with Crippen LogP contribution in [-0.4, -0.2) is 24.6 Å². The van der Waals surface area contributed by atoms with Crippen molar-refractivity contribution in [2.75, 3.05) is 6.79 Å². The first-order valence-electron chi connectivity index (χ1n) is 6.30. The molecule has 0 aromatic heterocycles. The normalized spacial score (nSPS) is 13.5. The zero-order valence-electron chi connectivity index (χ0n) is 11.6. The fraction of sp³-hybridized carbons (Fsp3) is 0.333. The second-order valence-corrected chi connectivity index (χ2v) is 4.68. The van der Waals surface area contributed by atoms with E-state index >= 15 is 0 Å². The van der Waals surface area contributed by atoms with Crippen molar-refractivity contribution in [3.63, 3.8) is 0 Å². The van der Waals surface area contributed by atoms with Gasteiger partial charge >= 0.3 is 5.97 Å². The molecule has 0 radical (unpaired) electrons. The van der Waals surface area contributed by atoms with Crippen molar-refractivity contribution in [2.24, 2.45) is 0 Å². The number of hydrogen-bond donors (Lipinski definition) is 0. The summed E-state index contributed by atoms with van der Waals surface area (Å²) in [6.07, 6.45) is 1.22. The highest BCUT2D eigenvalue weighted by atomic mass is 16.7. The molecule has 20 heavy (non-hydrogen) atoms. The van der Waals surface area contributed by atoms with Crippen LogP contribution in [0.3, 0.4) is 0 Å². The van der Waals surface area contributed by atoms with Crippen LogP contribution in [0.2, 0.25) is 0 Å². The average Bonchev–Trinajstić information content (AvgIpc) is 2.81. The third kappa shape index (κ3) is 3.17. The van der Waals surface area contributed by atoms with Gasteiger partial charge in [0.2, 0.25) is 6.79 Å². The summed E-state index contributed by atoms with van der Waals surface area (Å²) in [5.74, 6) is 0.286. The molecule has 0 N–H and O–H groups in total. The molecule has 0 saturated heterocycles. The zero-order valence-corrected chi connectivity index (χ0v) is 11.6. The molecule has 0 aliphatic carbocycles. The quantitative estimate of drug-likeness (QED) is 0.365. The van der Waals surface area contributed by atoms with Crippen LogP contribution in [0.1, 0.15) is 26.3 Å². The molecule has 1 heterocycles. The number of esters is 1. The van der Waals surface area contributed by atoms with Gasteiger partial charge in [-0.3, -0.25) is 4.79 Å². The number of carbonyl (C=O) groups excluding carboxylic acids is 2. The van der Waals surface area contributed by atoms with E-state index in [1.807, 2.05) is 0 Å². The summed E-state index contributed by atoms with van der Waals surface area (Å²) in [5.41, 5.74) is 0.692. The van der Waals surface area contributed by atoms with E-state index in [9.17, 15) is 9.59 Å². The molecule has 0 saturated carbocycles. The monoisotopic (exact) mass is 276 g/mol. The van der Waals surface area contributed by atoms with E-state index in [-0.39, 0.29) is 24.3 Å². The van der Waals surface area contributed by atoms with Gasteiger partial charge in [-0.15, -0.1) is 0 Å². The molecule has 0 atom stereocenters. The zero-order chi connectivity index (χ0) is 14.7. The molecule has 1 aromatic rings. The van der Waals surface area contributed by atoms with Crippen molar-refractivity contribution in [3.8, 4) is 11.5 Å². The van der Waals surface area contributed by atoms with Gasteiger partial charge in [0.15, 0.2) is 17.3 Å². The number of Topliss-reactive ketones (excluding diaryl/α,β-unsaturated/α-hetero) is 1. The van der Waals surface area contributed by atoms with Crippen LogP contribution in [0.5, 0.6) is 11.5 Å². The van der Waals surface area contributed by atoms with Crippen molar-refractivity contribution < 1.29 is 23.8 Å². The lowest BCUT2D eigenvalue weighted by Crippen LogP contribution is -2.17. The average molecular weight is 276 g/mol. The summed E-state index contributed by atoms with van der Waals surface area (Å²) in [4.78, 5) is 23.4. The second kappa shape index (κ2) is 5.77. The van der Waals surface area contributed by atoms with Gasteiger partial charge in [-0.25, -0.2) is 4.79 Å². The van der Waals surface area contributed by atoms with Gasteiger partial charge in [0.25, 0.3) is 0 Å². The molecule has 106 valence electrons. The number of fused-ring (bicyclic) bond motifs is 1. The largest absolute Gasteiger partial charge is 0.459 e. The number of ether oxygens (including phenoxy) is 3. The maximum Gasteiger partial charge on any atom is 0.342 e. The number of carbonyl (C=O) groups is 2. The van der Waals surface area contributed by atoms with E-state index in [1.54, 1.807) is 32.0 Å². The molecule has 0 spiro atoms. The summed E-state index contributed by atoms with van der Waals surface area (Å²) in [6, 6.07) is 5.20. The Labute approximate surface area is 117 Å². The predicted octanol–water partition coefficient (Wildman–Crippen LogP) is 2.34. The van der Waals surface area contributed by atoms with Crippen molar-refractivity contribution >= 4 is 17.8 Å². The molecule has 0 unspecified atom stereocenters. The Morgan fingerprint density at radius 1 is 1.25 bits per heavy atom. The molecule has 1 aliphatic rings. The Morgan fingerprint density at radius 2 is 1.95 bits per heavy atom. The Hall–Kier alpha value is -2.30. The molecule has 1 aromatic carbocycles. The first-order chi connectivity index (χ1) is 9.47. The van der Waals surface area contributed by atoms with Crippen molar-refractivity contribution in [1.82, 2.24) is 0 Å². The van der Waals surface area contributed by atoms with Crippen molar-refractivity contribution in [1.29, 1.82) is 0 Å². The fourth-order valence-electron chi connectivity index (χ4n) is 1.75. The molecular weight excluding hydrogens is 260 g/mol. The Balaban J connectivity index is 2.29. The third-order valence-corrected chi connectivity index (χ3v) is 2.65. The highest BCUT2D eigenvalue weighted by Crippen LogP contribution is 2.33. The van der Waals surface area contributed by atoms with E-state index < -0.39 is 5.97 Å². The molecule has 5 heteroatoms. The number of hydrogen-bond acceptors (Lipinski definition) is 5. The molecular formula is C15H16O5. The number of rotatable bonds is 4. The standard InChI is InChI=1S/C15H16O5/c1-9(2)20-15(17)12(10(3)16)6-11-4-5-13-14(7-11)19-8-18-13/h4-7,9H,8H2,1-3H3. The first-order valence-corrected chi connectivity index (χ1v) is 6.30. The maximum atomic E-state index is 11.9. The molecule has 5 nitrogen and oxygen atoms in total. The summed E-state index contributed by atoms with van der Waals surface area (Å²) < 4.78 is 15.5. The second-order valence-electron chi connectivity index (χ2n) is 4.68. The minimum atomic E-state index is -0.620. The smallest absolute Gasteiger partial charge is 0.342 e.